The van der Waals surface area contributed by atoms with Crippen molar-refractivity contribution in [2.75, 3.05) is 33.9 Å². The summed E-state index contributed by atoms with van der Waals surface area (Å²) in [6.07, 6.45) is 0. The molecule has 0 radical (unpaired) electrons. The molecule has 1 aromatic heterocycles. The molecule has 1 heterocycles. The third kappa shape index (κ3) is 6.49. The Hall–Kier alpha value is -2.54. The van der Waals surface area contributed by atoms with Gasteiger partial charge in [0.1, 0.15) is 5.75 Å². The van der Waals surface area contributed by atoms with Gasteiger partial charge in [0.25, 0.3) is 0 Å². The monoisotopic (exact) mass is 401 g/mol. The average molecular weight is 402 g/mol. The molecule has 0 saturated heterocycles. The van der Waals surface area contributed by atoms with Crippen LogP contribution >= 0.6 is 0 Å². The van der Waals surface area contributed by atoms with Crippen LogP contribution in [-0.4, -0.2) is 54.6 Å². The van der Waals surface area contributed by atoms with E-state index in [1.165, 1.54) is 11.1 Å². The summed E-state index contributed by atoms with van der Waals surface area (Å²) in [6.45, 7) is 12.5. The summed E-state index contributed by atoms with van der Waals surface area (Å²) in [7, 11) is 3.76. The summed E-state index contributed by atoms with van der Waals surface area (Å²) in [6, 6.07) is 8.22. The number of rotatable bonds is 10. The zero-order valence-electron chi connectivity index (χ0n) is 18.7. The van der Waals surface area contributed by atoms with Gasteiger partial charge in [-0.1, -0.05) is 12.1 Å². The van der Waals surface area contributed by atoms with E-state index in [9.17, 15) is 0 Å². The number of aryl methyl sites for hydroxylation is 1. The Morgan fingerprint density at radius 1 is 1.21 bits per heavy atom. The Balaban J connectivity index is 2.09. The molecule has 2 rings (SSSR count). The highest BCUT2D eigenvalue weighted by atomic mass is 16.5. The number of aliphatic imine (C=N–C) groups is 1. The SMILES string of the molecule is CCNC(=NCc1c(C)nn(CCOC)c1C)N(C)Cc1ccc(OCC)cc1. The maximum absolute atomic E-state index is 5.52. The molecule has 29 heavy (non-hydrogen) atoms. The van der Waals surface area contributed by atoms with E-state index in [0.717, 1.165) is 42.7 Å². The molecule has 0 atom stereocenters. The van der Waals surface area contributed by atoms with E-state index >= 15 is 0 Å². The average Bonchev–Trinajstić information content (AvgIpc) is 2.98. The largest absolute Gasteiger partial charge is 0.494 e. The molecular formula is C22H35N5O2. The summed E-state index contributed by atoms with van der Waals surface area (Å²) < 4.78 is 12.7. The van der Waals surface area contributed by atoms with Crippen LogP contribution in [0, 0.1) is 13.8 Å². The van der Waals surface area contributed by atoms with Crippen molar-refractivity contribution >= 4 is 5.96 Å². The van der Waals surface area contributed by atoms with Crippen molar-refractivity contribution in [3.8, 4) is 5.75 Å². The molecule has 160 valence electrons. The molecule has 0 fully saturated rings. The third-order valence-electron chi connectivity index (χ3n) is 4.78. The van der Waals surface area contributed by atoms with E-state index < -0.39 is 0 Å². The fourth-order valence-corrected chi connectivity index (χ4v) is 3.19. The topological polar surface area (TPSA) is 63.9 Å². The molecule has 0 bridgehead atoms. The van der Waals surface area contributed by atoms with Gasteiger partial charge in [-0.15, -0.1) is 0 Å². The van der Waals surface area contributed by atoms with Crippen molar-refractivity contribution in [3.63, 3.8) is 0 Å². The first kappa shape index (κ1) is 22.7. The van der Waals surface area contributed by atoms with Crippen LogP contribution in [0.1, 0.15) is 36.4 Å². The minimum Gasteiger partial charge on any atom is -0.494 e. The predicted molar refractivity (Wildman–Crippen MR) is 117 cm³/mol. The fourth-order valence-electron chi connectivity index (χ4n) is 3.19. The second-order valence-electron chi connectivity index (χ2n) is 6.97. The molecule has 7 nitrogen and oxygen atoms in total. The molecule has 0 aliphatic carbocycles. The van der Waals surface area contributed by atoms with Gasteiger partial charge in [-0.2, -0.15) is 5.10 Å². The first-order valence-electron chi connectivity index (χ1n) is 10.2. The van der Waals surface area contributed by atoms with Crippen LogP contribution in [0.4, 0.5) is 0 Å². The Morgan fingerprint density at radius 2 is 1.93 bits per heavy atom. The first-order chi connectivity index (χ1) is 14.0. The van der Waals surface area contributed by atoms with E-state index in [1.54, 1.807) is 7.11 Å². The van der Waals surface area contributed by atoms with E-state index in [0.29, 0.717) is 19.8 Å². The van der Waals surface area contributed by atoms with Crippen LogP contribution in [0.25, 0.3) is 0 Å². The molecule has 0 aliphatic rings. The number of ether oxygens (including phenoxy) is 2. The van der Waals surface area contributed by atoms with Crippen molar-refractivity contribution in [3.05, 3.63) is 46.8 Å². The highest BCUT2D eigenvalue weighted by molar-refractivity contribution is 5.79. The number of guanidine groups is 1. The van der Waals surface area contributed by atoms with Crippen molar-refractivity contribution in [1.82, 2.24) is 20.0 Å². The molecule has 0 aliphatic heterocycles. The molecular weight excluding hydrogens is 366 g/mol. The first-order valence-corrected chi connectivity index (χ1v) is 10.2. The highest BCUT2D eigenvalue weighted by Gasteiger charge is 2.12. The Morgan fingerprint density at radius 3 is 2.55 bits per heavy atom. The maximum Gasteiger partial charge on any atom is 0.194 e. The van der Waals surface area contributed by atoms with Gasteiger partial charge >= 0.3 is 0 Å². The lowest BCUT2D eigenvalue weighted by Gasteiger charge is -2.22. The minimum absolute atomic E-state index is 0.598. The second kappa shape index (κ2) is 11.5. The molecule has 1 N–H and O–H groups in total. The lowest BCUT2D eigenvalue weighted by molar-refractivity contribution is 0.182. The van der Waals surface area contributed by atoms with E-state index in [4.69, 9.17) is 14.5 Å². The smallest absolute Gasteiger partial charge is 0.194 e. The van der Waals surface area contributed by atoms with Crippen molar-refractivity contribution < 1.29 is 9.47 Å². The molecule has 0 spiro atoms. The van der Waals surface area contributed by atoms with Crippen molar-refractivity contribution in [1.29, 1.82) is 0 Å². The summed E-state index contributed by atoms with van der Waals surface area (Å²) >= 11 is 0. The zero-order valence-corrected chi connectivity index (χ0v) is 18.7. The van der Waals surface area contributed by atoms with Crippen LogP contribution in [0.3, 0.4) is 0 Å². The number of hydrogen-bond acceptors (Lipinski definition) is 4. The lowest BCUT2D eigenvalue weighted by Crippen LogP contribution is -2.38. The summed E-state index contributed by atoms with van der Waals surface area (Å²) in [5.41, 5.74) is 4.55. The van der Waals surface area contributed by atoms with Crippen LogP contribution in [0.5, 0.6) is 5.75 Å². The zero-order chi connectivity index (χ0) is 21.2. The van der Waals surface area contributed by atoms with Crippen molar-refractivity contribution in [2.45, 2.75) is 47.3 Å². The third-order valence-corrected chi connectivity index (χ3v) is 4.78. The van der Waals surface area contributed by atoms with Gasteiger partial charge in [0.15, 0.2) is 5.96 Å². The normalized spacial score (nSPS) is 11.6. The number of methoxy groups -OCH3 is 1. The van der Waals surface area contributed by atoms with E-state index in [1.807, 2.05) is 30.7 Å². The summed E-state index contributed by atoms with van der Waals surface area (Å²) in [5.74, 6) is 1.78. The van der Waals surface area contributed by atoms with Gasteiger partial charge < -0.3 is 19.7 Å². The van der Waals surface area contributed by atoms with Crippen molar-refractivity contribution in [2.24, 2.45) is 4.99 Å². The maximum atomic E-state index is 5.52. The van der Waals surface area contributed by atoms with Gasteiger partial charge in [-0.3, -0.25) is 4.68 Å². The van der Waals surface area contributed by atoms with Gasteiger partial charge in [0.05, 0.1) is 32.0 Å². The van der Waals surface area contributed by atoms with E-state index in [-0.39, 0.29) is 0 Å². The lowest BCUT2D eigenvalue weighted by atomic mass is 10.2. The number of nitrogens with one attached hydrogen (secondary N) is 1. The van der Waals surface area contributed by atoms with Gasteiger partial charge in [0, 0.05) is 38.5 Å². The van der Waals surface area contributed by atoms with Gasteiger partial charge in [0.2, 0.25) is 0 Å². The number of hydrogen-bond donors (Lipinski definition) is 1. The standard InChI is InChI=1S/C22H35N5O2/c1-7-23-22(26(5)16-19-9-11-20(12-10-19)29-8-2)24-15-21-17(3)25-27(18(21)4)13-14-28-6/h9-12H,7-8,13-16H2,1-6H3,(H,23,24). The van der Waals surface area contributed by atoms with Crippen LogP contribution in [-0.2, 0) is 24.4 Å². The summed E-state index contributed by atoms with van der Waals surface area (Å²) in [4.78, 5) is 7.00. The Kier molecular flexibility index (Phi) is 8.99. The number of nitrogens with zero attached hydrogens (tertiary/aromatic N) is 4. The minimum atomic E-state index is 0.598. The Labute approximate surface area is 174 Å². The molecule has 1 aromatic carbocycles. The fraction of sp³-hybridized carbons (Fsp3) is 0.545. The van der Waals surface area contributed by atoms with E-state index in [2.05, 4.69) is 48.3 Å². The highest BCUT2D eigenvalue weighted by Crippen LogP contribution is 2.16. The van der Waals surface area contributed by atoms with Gasteiger partial charge in [-0.05, 0) is 45.4 Å². The molecule has 0 unspecified atom stereocenters. The molecule has 0 saturated carbocycles. The second-order valence-corrected chi connectivity index (χ2v) is 6.97. The van der Waals surface area contributed by atoms with Crippen LogP contribution in [0.15, 0.2) is 29.3 Å². The van der Waals surface area contributed by atoms with Crippen LogP contribution < -0.4 is 10.1 Å². The molecule has 2 aromatic rings. The molecule has 7 heteroatoms. The number of aromatic nitrogens is 2. The molecule has 0 amide bonds. The summed E-state index contributed by atoms with van der Waals surface area (Å²) in [5, 5.41) is 8.02. The number of benzene rings is 1. The Bertz CT molecular complexity index is 783. The predicted octanol–water partition coefficient (Wildman–Crippen LogP) is 3.14. The quantitative estimate of drug-likeness (QED) is 0.489. The van der Waals surface area contributed by atoms with Gasteiger partial charge in [-0.25, -0.2) is 4.99 Å². The van der Waals surface area contributed by atoms with Crippen LogP contribution in [0.2, 0.25) is 0 Å².